The Labute approximate surface area is 127 Å². The molecular formula is C19H24FN. The molecule has 0 bridgehead atoms. The van der Waals surface area contributed by atoms with E-state index in [4.69, 9.17) is 0 Å². The van der Waals surface area contributed by atoms with Crippen LogP contribution in [-0.4, -0.2) is 6.54 Å². The average molecular weight is 285 g/mol. The minimum atomic E-state index is -0.117. The SMILES string of the molecule is CC(C)c1ccc(C(C)NCCc2ccccc2F)cc1. The van der Waals surface area contributed by atoms with Crippen LogP contribution in [0.25, 0.3) is 0 Å². The highest BCUT2D eigenvalue weighted by Crippen LogP contribution is 2.18. The monoisotopic (exact) mass is 285 g/mol. The summed E-state index contributed by atoms with van der Waals surface area (Å²) >= 11 is 0. The van der Waals surface area contributed by atoms with Gasteiger partial charge < -0.3 is 5.32 Å². The van der Waals surface area contributed by atoms with E-state index in [1.54, 1.807) is 6.07 Å². The average Bonchev–Trinajstić information content (AvgIpc) is 2.49. The molecule has 1 atom stereocenters. The zero-order valence-electron chi connectivity index (χ0n) is 13.1. The van der Waals surface area contributed by atoms with Gasteiger partial charge in [0.1, 0.15) is 5.82 Å². The Hall–Kier alpha value is -1.67. The molecule has 2 aromatic rings. The van der Waals surface area contributed by atoms with Gasteiger partial charge in [0.05, 0.1) is 0 Å². The topological polar surface area (TPSA) is 12.0 Å². The van der Waals surface area contributed by atoms with Crippen LogP contribution in [0.4, 0.5) is 4.39 Å². The van der Waals surface area contributed by atoms with Crippen LogP contribution >= 0.6 is 0 Å². The van der Waals surface area contributed by atoms with E-state index in [9.17, 15) is 4.39 Å². The van der Waals surface area contributed by atoms with E-state index in [2.05, 4.69) is 50.4 Å². The van der Waals surface area contributed by atoms with Crippen molar-refractivity contribution in [3.63, 3.8) is 0 Å². The second-order valence-electron chi connectivity index (χ2n) is 5.84. The van der Waals surface area contributed by atoms with Crippen molar-refractivity contribution in [2.45, 2.75) is 39.2 Å². The first-order valence-electron chi connectivity index (χ1n) is 7.64. The summed E-state index contributed by atoms with van der Waals surface area (Å²) in [6, 6.07) is 16.0. The maximum absolute atomic E-state index is 13.5. The number of halogens is 1. The molecule has 1 N–H and O–H groups in total. The number of hydrogen-bond donors (Lipinski definition) is 1. The molecule has 2 heteroatoms. The van der Waals surface area contributed by atoms with E-state index in [0.717, 1.165) is 12.1 Å². The molecule has 112 valence electrons. The lowest BCUT2D eigenvalue weighted by molar-refractivity contribution is 0.559. The van der Waals surface area contributed by atoms with Gasteiger partial charge in [-0.15, -0.1) is 0 Å². The number of rotatable bonds is 6. The number of benzene rings is 2. The van der Waals surface area contributed by atoms with Crippen molar-refractivity contribution in [2.24, 2.45) is 0 Å². The summed E-state index contributed by atoms with van der Waals surface area (Å²) < 4.78 is 13.5. The Morgan fingerprint density at radius 1 is 0.905 bits per heavy atom. The van der Waals surface area contributed by atoms with Gasteiger partial charge >= 0.3 is 0 Å². The van der Waals surface area contributed by atoms with Gasteiger partial charge in [-0.1, -0.05) is 56.3 Å². The highest BCUT2D eigenvalue weighted by atomic mass is 19.1. The molecule has 0 spiro atoms. The molecule has 0 saturated heterocycles. The van der Waals surface area contributed by atoms with Gasteiger partial charge in [-0.25, -0.2) is 4.39 Å². The second-order valence-corrected chi connectivity index (χ2v) is 5.84. The van der Waals surface area contributed by atoms with E-state index in [0.29, 0.717) is 12.3 Å². The van der Waals surface area contributed by atoms with Crippen molar-refractivity contribution in [3.05, 3.63) is 71.0 Å². The van der Waals surface area contributed by atoms with Crippen LogP contribution in [0.1, 0.15) is 49.4 Å². The Bertz CT molecular complexity index is 560. The molecule has 2 aromatic carbocycles. The molecule has 0 saturated carbocycles. The first-order chi connectivity index (χ1) is 10.1. The van der Waals surface area contributed by atoms with Crippen LogP contribution < -0.4 is 5.32 Å². The number of nitrogens with one attached hydrogen (secondary N) is 1. The lowest BCUT2D eigenvalue weighted by Crippen LogP contribution is -2.21. The fraction of sp³-hybridized carbons (Fsp3) is 0.368. The summed E-state index contributed by atoms with van der Waals surface area (Å²) in [5.41, 5.74) is 3.40. The molecule has 0 heterocycles. The van der Waals surface area contributed by atoms with Gasteiger partial charge in [-0.05, 0) is 48.6 Å². The van der Waals surface area contributed by atoms with Crippen molar-refractivity contribution in [2.75, 3.05) is 6.54 Å². The minimum absolute atomic E-state index is 0.117. The van der Waals surface area contributed by atoms with Gasteiger partial charge in [-0.2, -0.15) is 0 Å². The van der Waals surface area contributed by atoms with Crippen molar-refractivity contribution < 1.29 is 4.39 Å². The summed E-state index contributed by atoms with van der Waals surface area (Å²) in [6.45, 7) is 7.32. The molecule has 0 amide bonds. The smallest absolute Gasteiger partial charge is 0.126 e. The third-order valence-electron chi connectivity index (χ3n) is 3.91. The Balaban J connectivity index is 1.87. The van der Waals surface area contributed by atoms with Gasteiger partial charge in [0.15, 0.2) is 0 Å². The van der Waals surface area contributed by atoms with Crippen molar-refractivity contribution in [1.82, 2.24) is 5.32 Å². The third-order valence-corrected chi connectivity index (χ3v) is 3.91. The molecule has 0 aliphatic rings. The van der Waals surface area contributed by atoms with E-state index < -0.39 is 0 Å². The quantitative estimate of drug-likeness (QED) is 0.800. The Morgan fingerprint density at radius 3 is 2.14 bits per heavy atom. The van der Waals surface area contributed by atoms with E-state index >= 15 is 0 Å². The molecule has 0 fully saturated rings. The predicted molar refractivity (Wildman–Crippen MR) is 87.1 cm³/mol. The van der Waals surface area contributed by atoms with Crippen molar-refractivity contribution in [1.29, 1.82) is 0 Å². The molecule has 0 aliphatic heterocycles. The highest BCUT2D eigenvalue weighted by Gasteiger charge is 2.06. The van der Waals surface area contributed by atoms with Crippen LogP contribution in [0.5, 0.6) is 0 Å². The largest absolute Gasteiger partial charge is 0.310 e. The first-order valence-corrected chi connectivity index (χ1v) is 7.64. The predicted octanol–water partition coefficient (Wildman–Crippen LogP) is 4.84. The van der Waals surface area contributed by atoms with Crippen molar-refractivity contribution >= 4 is 0 Å². The summed E-state index contributed by atoms with van der Waals surface area (Å²) in [5.74, 6) is 0.441. The molecule has 0 aromatic heterocycles. The maximum Gasteiger partial charge on any atom is 0.126 e. The van der Waals surface area contributed by atoms with Crippen LogP contribution in [0, 0.1) is 5.82 Å². The fourth-order valence-electron chi connectivity index (χ4n) is 2.41. The lowest BCUT2D eigenvalue weighted by Gasteiger charge is -2.15. The normalized spacial score (nSPS) is 12.6. The number of hydrogen-bond acceptors (Lipinski definition) is 1. The molecule has 1 nitrogen and oxygen atoms in total. The molecular weight excluding hydrogens is 261 g/mol. The second kappa shape index (κ2) is 7.37. The van der Waals surface area contributed by atoms with Gasteiger partial charge in [-0.3, -0.25) is 0 Å². The van der Waals surface area contributed by atoms with Crippen LogP contribution in [0.2, 0.25) is 0 Å². The molecule has 21 heavy (non-hydrogen) atoms. The van der Waals surface area contributed by atoms with Gasteiger partial charge in [0.25, 0.3) is 0 Å². The lowest BCUT2D eigenvalue weighted by atomic mass is 9.99. The minimum Gasteiger partial charge on any atom is -0.310 e. The standard InChI is InChI=1S/C19H24FN/c1-14(2)16-8-10-17(11-9-16)15(3)21-13-12-18-6-4-5-7-19(18)20/h4-11,14-15,21H,12-13H2,1-3H3. The highest BCUT2D eigenvalue weighted by molar-refractivity contribution is 5.26. The van der Waals surface area contributed by atoms with E-state index in [1.165, 1.54) is 17.2 Å². The molecule has 0 radical (unpaired) electrons. The molecule has 1 unspecified atom stereocenters. The molecule has 0 aliphatic carbocycles. The summed E-state index contributed by atoms with van der Waals surface area (Å²) in [7, 11) is 0. The van der Waals surface area contributed by atoms with Gasteiger partial charge in [0, 0.05) is 6.04 Å². The third kappa shape index (κ3) is 4.40. The van der Waals surface area contributed by atoms with Gasteiger partial charge in [0.2, 0.25) is 0 Å². The van der Waals surface area contributed by atoms with E-state index in [-0.39, 0.29) is 11.9 Å². The zero-order chi connectivity index (χ0) is 15.2. The van der Waals surface area contributed by atoms with Crippen LogP contribution in [0.15, 0.2) is 48.5 Å². The zero-order valence-corrected chi connectivity index (χ0v) is 13.1. The summed E-state index contributed by atoms with van der Waals surface area (Å²) in [6.07, 6.45) is 0.709. The summed E-state index contributed by atoms with van der Waals surface area (Å²) in [5, 5.41) is 3.46. The first kappa shape index (κ1) is 15.7. The molecule has 2 rings (SSSR count). The fourth-order valence-corrected chi connectivity index (χ4v) is 2.41. The summed E-state index contributed by atoms with van der Waals surface area (Å²) in [4.78, 5) is 0. The van der Waals surface area contributed by atoms with E-state index in [1.807, 2.05) is 12.1 Å². The Kier molecular flexibility index (Phi) is 5.51. The van der Waals surface area contributed by atoms with Crippen LogP contribution in [0.3, 0.4) is 0 Å². The van der Waals surface area contributed by atoms with Crippen molar-refractivity contribution in [3.8, 4) is 0 Å². The Morgan fingerprint density at radius 2 is 1.52 bits per heavy atom. The van der Waals surface area contributed by atoms with Crippen LogP contribution in [-0.2, 0) is 6.42 Å². The maximum atomic E-state index is 13.5.